The average molecular weight is 293 g/mol. The maximum absolute atomic E-state index is 6.19. The Morgan fingerprint density at radius 3 is 2.95 bits per heavy atom. The smallest absolute Gasteiger partial charge is 0.175 e. The zero-order valence-corrected chi connectivity index (χ0v) is 12.9. The molecule has 0 N–H and O–H groups in total. The van der Waals surface area contributed by atoms with Crippen LogP contribution in [0.15, 0.2) is 11.7 Å². The Balaban J connectivity index is 1.81. The van der Waals surface area contributed by atoms with E-state index in [0.717, 1.165) is 43.1 Å². The molecular weight excluding hydrogens is 272 g/mol. The fourth-order valence-electron chi connectivity index (χ4n) is 2.68. The minimum absolute atomic E-state index is 0.0974. The van der Waals surface area contributed by atoms with E-state index in [1.54, 1.807) is 11.3 Å². The fraction of sp³-hybridized carbons (Fsp3) is 0.667. The Bertz CT molecular complexity index is 454. The fourth-order valence-corrected chi connectivity index (χ4v) is 3.24. The van der Waals surface area contributed by atoms with Crippen LogP contribution in [0.5, 0.6) is 0 Å². The molecular formula is C15H21N2O2S. The molecule has 2 aliphatic heterocycles. The molecule has 2 atom stereocenters. The SMILES string of the molecule is CCC(C)C1OC(c2cncs2)=[C]N1C1CCOCC1. The molecule has 4 nitrogen and oxygen atoms in total. The number of rotatable bonds is 4. The van der Waals surface area contributed by atoms with Gasteiger partial charge >= 0.3 is 0 Å². The van der Waals surface area contributed by atoms with E-state index in [2.05, 4.69) is 29.9 Å². The lowest BCUT2D eigenvalue weighted by Crippen LogP contribution is -2.43. The van der Waals surface area contributed by atoms with E-state index < -0.39 is 0 Å². The second kappa shape index (κ2) is 6.14. The van der Waals surface area contributed by atoms with Crippen molar-refractivity contribution in [1.29, 1.82) is 0 Å². The molecule has 1 saturated heterocycles. The van der Waals surface area contributed by atoms with Crippen LogP contribution in [0.1, 0.15) is 38.0 Å². The second-order valence-corrected chi connectivity index (χ2v) is 6.34. The zero-order valence-electron chi connectivity index (χ0n) is 12.0. The van der Waals surface area contributed by atoms with Gasteiger partial charge in [-0.2, -0.15) is 0 Å². The molecule has 3 heterocycles. The number of ether oxygens (including phenoxy) is 2. The molecule has 0 aliphatic carbocycles. The van der Waals surface area contributed by atoms with Crippen molar-refractivity contribution in [3.05, 3.63) is 22.8 Å². The van der Waals surface area contributed by atoms with Gasteiger partial charge in [-0.3, -0.25) is 4.98 Å². The van der Waals surface area contributed by atoms with Crippen LogP contribution in [0, 0.1) is 12.1 Å². The van der Waals surface area contributed by atoms with E-state index in [-0.39, 0.29) is 6.23 Å². The highest BCUT2D eigenvalue weighted by Crippen LogP contribution is 2.35. The Kier molecular flexibility index (Phi) is 4.27. The number of nitrogens with zero attached hydrogens (tertiary/aromatic N) is 2. The lowest BCUT2D eigenvalue weighted by molar-refractivity contribution is -0.0370. The molecule has 0 aromatic carbocycles. The lowest BCUT2D eigenvalue weighted by Gasteiger charge is -2.36. The van der Waals surface area contributed by atoms with Gasteiger partial charge in [0.25, 0.3) is 0 Å². The summed E-state index contributed by atoms with van der Waals surface area (Å²) < 4.78 is 11.7. The number of thiazole rings is 1. The Morgan fingerprint density at radius 2 is 2.30 bits per heavy atom. The van der Waals surface area contributed by atoms with Crippen LogP contribution in [-0.4, -0.2) is 35.4 Å². The maximum atomic E-state index is 6.19. The first-order valence-electron chi connectivity index (χ1n) is 7.34. The number of hydrogen-bond acceptors (Lipinski definition) is 5. The summed E-state index contributed by atoms with van der Waals surface area (Å²) in [7, 11) is 0. The van der Waals surface area contributed by atoms with Gasteiger partial charge in [-0.1, -0.05) is 13.8 Å². The van der Waals surface area contributed by atoms with Crippen molar-refractivity contribution >= 4 is 17.1 Å². The van der Waals surface area contributed by atoms with Gasteiger partial charge < -0.3 is 14.4 Å². The molecule has 1 radical (unpaired) electrons. The third-order valence-electron chi connectivity index (χ3n) is 4.11. The Hall–Kier alpha value is -1.07. The standard InChI is InChI=1S/C15H21N2O2S/c1-3-11(2)15-17(12-4-6-18-7-5-12)9-13(19-15)14-8-16-10-20-14/h8,10-12,15H,3-7H2,1-2H3. The van der Waals surface area contributed by atoms with Crippen molar-refractivity contribution in [3.63, 3.8) is 0 Å². The van der Waals surface area contributed by atoms with Gasteiger partial charge in [0.05, 0.1) is 10.4 Å². The van der Waals surface area contributed by atoms with Crippen molar-refractivity contribution in [1.82, 2.24) is 9.88 Å². The molecule has 3 rings (SSSR count). The first-order chi connectivity index (χ1) is 9.79. The number of aromatic nitrogens is 1. The van der Waals surface area contributed by atoms with E-state index in [1.165, 1.54) is 0 Å². The quantitative estimate of drug-likeness (QED) is 0.854. The van der Waals surface area contributed by atoms with Crippen LogP contribution < -0.4 is 0 Å². The molecule has 2 aliphatic rings. The van der Waals surface area contributed by atoms with Gasteiger partial charge in [0.15, 0.2) is 12.0 Å². The van der Waals surface area contributed by atoms with Crippen LogP contribution in [0.3, 0.4) is 0 Å². The summed E-state index contributed by atoms with van der Waals surface area (Å²) in [5, 5.41) is 0. The van der Waals surface area contributed by atoms with E-state index in [0.29, 0.717) is 12.0 Å². The molecule has 1 aromatic heterocycles. The Labute approximate surface area is 124 Å². The normalized spacial score (nSPS) is 25.4. The minimum atomic E-state index is 0.0974. The molecule has 109 valence electrons. The van der Waals surface area contributed by atoms with Crippen LogP contribution in [0.2, 0.25) is 0 Å². The molecule has 0 amide bonds. The van der Waals surface area contributed by atoms with Crippen molar-refractivity contribution in [3.8, 4) is 0 Å². The summed E-state index contributed by atoms with van der Waals surface area (Å²) in [4.78, 5) is 7.49. The first kappa shape index (κ1) is 13.9. The highest BCUT2D eigenvalue weighted by molar-refractivity contribution is 7.10. The van der Waals surface area contributed by atoms with Crippen LogP contribution >= 0.6 is 11.3 Å². The van der Waals surface area contributed by atoms with Gasteiger partial charge in [0.2, 0.25) is 0 Å². The predicted molar refractivity (Wildman–Crippen MR) is 78.8 cm³/mol. The van der Waals surface area contributed by atoms with E-state index in [1.807, 2.05) is 11.7 Å². The van der Waals surface area contributed by atoms with Crippen LogP contribution in [-0.2, 0) is 9.47 Å². The summed E-state index contributed by atoms with van der Waals surface area (Å²) >= 11 is 1.60. The third-order valence-corrected chi connectivity index (χ3v) is 4.89. The molecule has 1 fully saturated rings. The second-order valence-electron chi connectivity index (χ2n) is 5.45. The Morgan fingerprint density at radius 1 is 1.50 bits per heavy atom. The molecule has 2 unspecified atom stereocenters. The largest absolute Gasteiger partial charge is 0.466 e. The van der Waals surface area contributed by atoms with Gasteiger partial charge in [0.1, 0.15) is 6.20 Å². The monoisotopic (exact) mass is 293 g/mol. The zero-order chi connectivity index (χ0) is 13.9. The summed E-state index contributed by atoms with van der Waals surface area (Å²) in [6.07, 6.45) is 8.63. The average Bonchev–Trinajstić information content (AvgIpc) is 3.16. The number of hydrogen-bond donors (Lipinski definition) is 0. The molecule has 1 aromatic rings. The summed E-state index contributed by atoms with van der Waals surface area (Å²) in [6.45, 7) is 6.13. The van der Waals surface area contributed by atoms with E-state index >= 15 is 0 Å². The summed E-state index contributed by atoms with van der Waals surface area (Å²) in [5.74, 6) is 1.33. The van der Waals surface area contributed by atoms with Gasteiger partial charge in [0, 0.05) is 31.4 Å². The van der Waals surface area contributed by atoms with Gasteiger partial charge in [-0.25, -0.2) is 0 Å². The van der Waals surface area contributed by atoms with Crippen molar-refractivity contribution in [2.75, 3.05) is 13.2 Å². The van der Waals surface area contributed by atoms with Crippen molar-refractivity contribution in [2.24, 2.45) is 5.92 Å². The van der Waals surface area contributed by atoms with Crippen LogP contribution in [0.25, 0.3) is 5.76 Å². The summed E-state index contributed by atoms with van der Waals surface area (Å²) in [6, 6.07) is 0.480. The third kappa shape index (κ3) is 2.69. The molecule has 20 heavy (non-hydrogen) atoms. The minimum Gasteiger partial charge on any atom is -0.466 e. The van der Waals surface area contributed by atoms with Crippen LogP contribution in [0.4, 0.5) is 0 Å². The molecule has 0 bridgehead atoms. The molecule has 5 heteroatoms. The molecule has 0 saturated carbocycles. The lowest BCUT2D eigenvalue weighted by atomic mass is 10.0. The predicted octanol–water partition coefficient (Wildman–Crippen LogP) is 3.13. The summed E-state index contributed by atoms with van der Waals surface area (Å²) in [5.41, 5.74) is 1.84. The van der Waals surface area contributed by atoms with Crippen molar-refractivity contribution < 1.29 is 9.47 Å². The van der Waals surface area contributed by atoms with E-state index in [4.69, 9.17) is 9.47 Å². The first-order valence-corrected chi connectivity index (χ1v) is 8.22. The topological polar surface area (TPSA) is 34.6 Å². The van der Waals surface area contributed by atoms with Gasteiger partial charge in [-0.05, 0) is 19.3 Å². The highest BCUT2D eigenvalue weighted by atomic mass is 32.1. The van der Waals surface area contributed by atoms with Crippen molar-refractivity contribution in [2.45, 2.75) is 45.4 Å². The van der Waals surface area contributed by atoms with Gasteiger partial charge in [-0.15, -0.1) is 11.3 Å². The molecule has 0 spiro atoms. The van der Waals surface area contributed by atoms with E-state index in [9.17, 15) is 0 Å². The highest BCUT2D eigenvalue weighted by Gasteiger charge is 2.36. The maximum Gasteiger partial charge on any atom is 0.175 e.